The summed E-state index contributed by atoms with van der Waals surface area (Å²) >= 11 is 3.42. The Hall–Kier alpha value is -1.49. The number of aryl methyl sites for hydroxylation is 1. The van der Waals surface area contributed by atoms with Crippen LogP contribution in [-0.4, -0.2) is 21.5 Å². The molecule has 0 fully saturated rings. The molecule has 100 valence electrons. The van der Waals surface area contributed by atoms with Gasteiger partial charge in [-0.1, -0.05) is 6.92 Å². The fraction of sp³-hybridized carbons (Fsp3) is 0.357. The van der Waals surface area contributed by atoms with Crippen molar-refractivity contribution in [3.8, 4) is 0 Å². The lowest BCUT2D eigenvalue weighted by atomic mass is 10.2. The zero-order valence-electron chi connectivity index (χ0n) is 10.9. The van der Waals surface area contributed by atoms with Gasteiger partial charge in [0, 0.05) is 31.4 Å². The molecule has 0 atom stereocenters. The lowest BCUT2D eigenvalue weighted by Gasteiger charge is -2.07. The number of anilines is 1. The molecule has 5 heteroatoms. The number of nitrogens with zero attached hydrogens (tertiary/aromatic N) is 3. The van der Waals surface area contributed by atoms with Crippen molar-refractivity contribution in [2.45, 2.75) is 26.2 Å². The summed E-state index contributed by atoms with van der Waals surface area (Å²) in [5.41, 5.74) is 1.27. The quantitative estimate of drug-likeness (QED) is 0.830. The topological polar surface area (TPSA) is 50.7 Å². The van der Waals surface area contributed by atoms with Crippen molar-refractivity contribution >= 4 is 21.7 Å². The zero-order valence-corrected chi connectivity index (χ0v) is 12.5. The Bertz CT molecular complexity index is 516. The Morgan fingerprint density at radius 1 is 1.16 bits per heavy atom. The van der Waals surface area contributed by atoms with E-state index in [9.17, 15) is 0 Å². The molecular formula is C14H17BrN4. The summed E-state index contributed by atoms with van der Waals surface area (Å²) < 4.78 is 0.831. The first-order valence-corrected chi connectivity index (χ1v) is 7.23. The third-order valence-electron chi connectivity index (χ3n) is 2.68. The first kappa shape index (κ1) is 13.9. The largest absolute Gasteiger partial charge is 0.370 e. The minimum atomic E-state index is 0.831. The fourth-order valence-electron chi connectivity index (χ4n) is 1.78. The lowest BCUT2D eigenvalue weighted by molar-refractivity contribution is 0.827. The van der Waals surface area contributed by atoms with Gasteiger partial charge in [-0.25, -0.2) is 9.97 Å². The molecule has 0 saturated carbocycles. The number of hydrogen-bond donors (Lipinski definition) is 1. The van der Waals surface area contributed by atoms with Crippen LogP contribution in [-0.2, 0) is 12.8 Å². The average Bonchev–Trinajstić information content (AvgIpc) is 2.40. The highest BCUT2D eigenvalue weighted by Gasteiger charge is 2.02. The zero-order chi connectivity index (χ0) is 13.5. The maximum Gasteiger partial charge on any atom is 0.132 e. The highest BCUT2D eigenvalue weighted by Crippen LogP contribution is 2.13. The monoisotopic (exact) mass is 320 g/mol. The van der Waals surface area contributed by atoms with E-state index < -0.39 is 0 Å². The van der Waals surface area contributed by atoms with Crippen molar-refractivity contribution in [1.29, 1.82) is 0 Å². The Balaban J connectivity index is 1.92. The summed E-state index contributed by atoms with van der Waals surface area (Å²) in [5.74, 6) is 1.75. The van der Waals surface area contributed by atoms with E-state index in [1.165, 1.54) is 5.56 Å². The van der Waals surface area contributed by atoms with Crippen molar-refractivity contribution < 1.29 is 0 Å². The molecule has 2 rings (SSSR count). The predicted octanol–water partition coefficient (Wildman–Crippen LogP) is 3.24. The number of halogens is 1. The molecule has 0 saturated heterocycles. The van der Waals surface area contributed by atoms with Gasteiger partial charge in [0.15, 0.2) is 0 Å². The highest BCUT2D eigenvalue weighted by atomic mass is 79.9. The van der Waals surface area contributed by atoms with Crippen molar-refractivity contribution in [1.82, 2.24) is 15.0 Å². The van der Waals surface area contributed by atoms with E-state index in [0.717, 1.165) is 42.1 Å². The second-order valence-electron chi connectivity index (χ2n) is 4.27. The number of rotatable bonds is 6. The molecule has 0 spiro atoms. The van der Waals surface area contributed by atoms with E-state index in [2.05, 4.69) is 43.1 Å². The second kappa shape index (κ2) is 7.19. The molecule has 0 amide bonds. The Kier molecular flexibility index (Phi) is 5.27. The molecule has 4 nitrogen and oxygen atoms in total. The third kappa shape index (κ3) is 4.59. The fourth-order valence-corrected chi connectivity index (χ4v) is 2.20. The number of nitrogens with one attached hydrogen (secondary N) is 1. The van der Waals surface area contributed by atoms with Gasteiger partial charge in [0.1, 0.15) is 16.2 Å². The van der Waals surface area contributed by atoms with Crippen LogP contribution in [0.2, 0.25) is 0 Å². The molecule has 0 bridgehead atoms. The van der Waals surface area contributed by atoms with Crippen LogP contribution in [0.25, 0.3) is 0 Å². The molecule has 0 aromatic carbocycles. The molecule has 0 aliphatic rings. The van der Waals surface area contributed by atoms with Gasteiger partial charge in [0.05, 0.1) is 0 Å². The van der Waals surface area contributed by atoms with Crippen LogP contribution in [0.3, 0.4) is 0 Å². The minimum Gasteiger partial charge on any atom is -0.370 e. The first-order valence-electron chi connectivity index (χ1n) is 6.44. The summed E-state index contributed by atoms with van der Waals surface area (Å²) in [7, 11) is 0. The van der Waals surface area contributed by atoms with Crippen LogP contribution >= 0.6 is 15.9 Å². The van der Waals surface area contributed by atoms with Gasteiger partial charge in [0.25, 0.3) is 0 Å². The molecule has 0 aliphatic heterocycles. The van der Waals surface area contributed by atoms with E-state index >= 15 is 0 Å². The summed E-state index contributed by atoms with van der Waals surface area (Å²) in [5, 5.41) is 3.33. The normalized spacial score (nSPS) is 10.4. The number of pyridine rings is 1. The van der Waals surface area contributed by atoms with Crippen molar-refractivity contribution in [3.05, 3.63) is 46.6 Å². The van der Waals surface area contributed by atoms with E-state index in [0.29, 0.717) is 0 Å². The molecule has 0 radical (unpaired) electrons. The molecule has 0 unspecified atom stereocenters. The van der Waals surface area contributed by atoms with E-state index in [4.69, 9.17) is 0 Å². The van der Waals surface area contributed by atoms with Gasteiger partial charge < -0.3 is 5.32 Å². The van der Waals surface area contributed by atoms with Crippen molar-refractivity contribution in [2.75, 3.05) is 11.9 Å². The van der Waals surface area contributed by atoms with Crippen LogP contribution in [0.5, 0.6) is 0 Å². The van der Waals surface area contributed by atoms with E-state index in [1.54, 1.807) is 0 Å². The Labute approximate surface area is 121 Å². The van der Waals surface area contributed by atoms with Crippen LogP contribution in [0.15, 0.2) is 35.2 Å². The maximum atomic E-state index is 4.49. The van der Waals surface area contributed by atoms with E-state index in [-0.39, 0.29) is 0 Å². The molecular weight excluding hydrogens is 304 g/mol. The van der Waals surface area contributed by atoms with Gasteiger partial charge in [-0.15, -0.1) is 0 Å². The molecule has 0 aliphatic carbocycles. The van der Waals surface area contributed by atoms with E-state index in [1.807, 2.05) is 30.6 Å². The highest BCUT2D eigenvalue weighted by molar-refractivity contribution is 9.10. The van der Waals surface area contributed by atoms with Gasteiger partial charge in [0.2, 0.25) is 0 Å². The third-order valence-corrected chi connectivity index (χ3v) is 3.09. The summed E-state index contributed by atoms with van der Waals surface area (Å²) in [4.78, 5) is 12.8. The van der Waals surface area contributed by atoms with Crippen LogP contribution in [0, 0.1) is 0 Å². The average molecular weight is 321 g/mol. The Morgan fingerprint density at radius 2 is 1.95 bits per heavy atom. The molecule has 2 aromatic heterocycles. The molecule has 19 heavy (non-hydrogen) atoms. The predicted molar refractivity (Wildman–Crippen MR) is 80.2 cm³/mol. The maximum absolute atomic E-state index is 4.49. The molecule has 2 heterocycles. The molecule has 2 aromatic rings. The second-order valence-corrected chi connectivity index (χ2v) is 5.09. The standard InChI is InChI=1S/C14H17BrN4/c1-2-3-13-18-12(15)10-14(19-13)17-9-6-11-4-7-16-8-5-11/h4-5,7-8,10H,2-3,6,9H2,1H3,(H,17,18,19). The van der Waals surface area contributed by atoms with Gasteiger partial charge in [-0.05, 0) is 46.5 Å². The number of aromatic nitrogens is 3. The first-order chi connectivity index (χ1) is 9.28. The smallest absolute Gasteiger partial charge is 0.132 e. The van der Waals surface area contributed by atoms with Crippen molar-refractivity contribution in [3.63, 3.8) is 0 Å². The summed E-state index contributed by atoms with van der Waals surface area (Å²) in [6.07, 6.45) is 6.53. The SMILES string of the molecule is CCCc1nc(Br)cc(NCCc2ccncc2)n1. The van der Waals surface area contributed by atoms with Crippen molar-refractivity contribution in [2.24, 2.45) is 0 Å². The van der Waals surface area contributed by atoms with Gasteiger partial charge >= 0.3 is 0 Å². The Morgan fingerprint density at radius 3 is 2.68 bits per heavy atom. The van der Waals surface area contributed by atoms with Crippen LogP contribution in [0.4, 0.5) is 5.82 Å². The molecule has 1 N–H and O–H groups in total. The summed E-state index contributed by atoms with van der Waals surface area (Å²) in [6.45, 7) is 2.97. The van der Waals surface area contributed by atoms with Crippen LogP contribution in [0.1, 0.15) is 24.7 Å². The lowest BCUT2D eigenvalue weighted by Crippen LogP contribution is -2.08. The van der Waals surface area contributed by atoms with Gasteiger partial charge in [-0.2, -0.15) is 0 Å². The van der Waals surface area contributed by atoms with Crippen LogP contribution < -0.4 is 5.32 Å². The summed E-state index contributed by atoms with van der Waals surface area (Å²) in [6, 6.07) is 5.96. The van der Waals surface area contributed by atoms with Gasteiger partial charge in [-0.3, -0.25) is 4.98 Å². The minimum absolute atomic E-state index is 0.831. The number of hydrogen-bond acceptors (Lipinski definition) is 4.